The van der Waals surface area contributed by atoms with Crippen LogP contribution in [0.15, 0.2) is 29.8 Å². The van der Waals surface area contributed by atoms with Crippen molar-refractivity contribution < 1.29 is 23.8 Å². The summed E-state index contributed by atoms with van der Waals surface area (Å²) in [5.41, 5.74) is 4.96. The Kier molecular flexibility index (Phi) is 5.05. The van der Waals surface area contributed by atoms with E-state index in [1.807, 2.05) is 0 Å². The van der Waals surface area contributed by atoms with Crippen molar-refractivity contribution in [3.63, 3.8) is 0 Å². The van der Waals surface area contributed by atoms with Crippen LogP contribution in [-0.4, -0.2) is 23.6 Å². The Bertz CT molecular complexity index is 525. The molecule has 1 amide bonds. The van der Waals surface area contributed by atoms with Gasteiger partial charge < -0.3 is 15.6 Å². The molecular formula is C13H14FNO4. The van der Waals surface area contributed by atoms with E-state index >= 15 is 0 Å². The number of aliphatic carboxylic acids is 1. The first-order valence-corrected chi connectivity index (χ1v) is 5.60. The lowest BCUT2D eigenvalue weighted by molar-refractivity contribution is -0.132. The molecule has 0 unspecified atom stereocenters. The van der Waals surface area contributed by atoms with Crippen molar-refractivity contribution in [2.75, 3.05) is 6.61 Å². The third kappa shape index (κ3) is 4.09. The molecule has 0 aromatic heterocycles. The average Bonchev–Trinajstić information content (AvgIpc) is 2.33. The highest BCUT2D eigenvalue weighted by atomic mass is 19.1. The van der Waals surface area contributed by atoms with Gasteiger partial charge in [-0.2, -0.15) is 0 Å². The van der Waals surface area contributed by atoms with Gasteiger partial charge in [-0.15, -0.1) is 0 Å². The number of carboxylic acid groups (broad SMARTS) is 1. The summed E-state index contributed by atoms with van der Waals surface area (Å²) in [5.74, 6) is -2.45. The number of hydrogen-bond acceptors (Lipinski definition) is 3. The van der Waals surface area contributed by atoms with Gasteiger partial charge in [0.25, 0.3) is 5.91 Å². The minimum atomic E-state index is -1.01. The first kappa shape index (κ1) is 14.7. The van der Waals surface area contributed by atoms with E-state index in [0.29, 0.717) is 6.42 Å². The van der Waals surface area contributed by atoms with Gasteiger partial charge >= 0.3 is 5.97 Å². The van der Waals surface area contributed by atoms with Crippen LogP contribution in [0.5, 0.6) is 5.75 Å². The van der Waals surface area contributed by atoms with E-state index in [9.17, 15) is 14.0 Å². The van der Waals surface area contributed by atoms with E-state index in [1.54, 1.807) is 6.92 Å². The first-order valence-electron chi connectivity index (χ1n) is 5.60. The Morgan fingerprint density at radius 2 is 2.16 bits per heavy atom. The van der Waals surface area contributed by atoms with E-state index in [-0.39, 0.29) is 23.5 Å². The van der Waals surface area contributed by atoms with E-state index in [0.717, 1.165) is 6.07 Å². The molecule has 1 aromatic rings. The summed E-state index contributed by atoms with van der Waals surface area (Å²) < 4.78 is 18.6. The van der Waals surface area contributed by atoms with Crippen LogP contribution in [0.2, 0.25) is 0 Å². The van der Waals surface area contributed by atoms with E-state index in [1.165, 1.54) is 18.2 Å². The average molecular weight is 267 g/mol. The highest BCUT2D eigenvalue weighted by Crippen LogP contribution is 2.16. The summed E-state index contributed by atoms with van der Waals surface area (Å²) in [4.78, 5) is 21.5. The van der Waals surface area contributed by atoms with Gasteiger partial charge in [-0.3, -0.25) is 4.79 Å². The van der Waals surface area contributed by atoms with Gasteiger partial charge in [0, 0.05) is 11.6 Å². The van der Waals surface area contributed by atoms with E-state index in [2.05, 4.69) is 0 Å². The number of carboxylic acids is 1. The zero-order chi connectivity index (χ0) is 14.4. The minimum absolute atomic E-state index is 0.00479. The largest absolute Gasteiger partial charge is 0.489 e. The maximum atomic E-state index is 13.4. The molecule has 5 nitrogen and oxygen atoms in total. The minimum Gasteiger partial charge on any atom is -0.489 e. The molecule has 0 aliphatic rings. The van der Waals surface area contributed by atoms with Crippen LogP contribution in [0, 0.1) is 5.82 Å². The summed E-state index contributed by atoms with van der Waals surface area (Å²) in [6.07, 6.45) is 1.77. The fraction of sp³-hybridized carbons (Fsp3) is 0.231. The second kappa shape index (κ2) is 6.53. The normalized spacial score (nSPS) is 11.2. The molecule has 3 N–H and O–H groups in total. The lowest BCUT2D eigenvalue weighted by Gasteiger charge is -2.05. The second-order valence-corrected chi connectivity index (χ2v) is 3.70. The van der Waals surface area contributed by atoms with Crippen LogP contribution >= 0.6 is 0 Å². The molecule has 102 valence electrons. The van der Waals surface area contributed by atoms with Crippen molar-refractivity contribution in [2.45, 2.75) is 13.3 Å². The van der Waals surface area contributed by atoms with Crippen molar-refractivity contribution in [3.05, 3.63) is 41.2 Å². The maximum Gasteiger partial charge on any atom is 0.331 e. The van der Waals surface area contributed by atoms with Gasteiger partial charge in [0.15, 0.2) is 0 Å². The second-order valence-electron chi connectivity index (χ2n) is 3.70. The predicted octanol–water partition coefficient (Wildman–Crippen LogP) is 1.72. The van der Waals surface area contributed by atoms with Crippen LogP contribution in [-0.2, 0) is 4.79 Å². The molecular weight excluding hydrogens is 253 g/mol. The fourth-order valence-electron chi connectivity index (χ4n) is 1.41. The molecule has 0 spiro atoms. The van der Waals surface area contributed by atoms with Crippen molar-refractivity contribution in [2.24, 2.45) is 5.73 Å². The van der Waals surface area contributed by atoms with Gasteiger partial charge in [0.1, 0.15) is 18.2 Å². The highest BCUT2D eigenvalue weighted by molar-refractivity contribution is 5.93. The summed E-state index contributed by atoms with van der Waals surface area (Å²) in [5, 5.41) is 8.78. The number of primary amides is 1. The van der Waals surface area contributed by atoms with Gasteiger partial charge in [0.2, 0.25) is 0 Å². The zero-order valence-corrected chi connectivity index (χ0v) is 10.4. The molecule has 19 heavy (non-hydrogen) atoms. The number of carbonyl (C=O) groups is 2. The molecule has 0 fully saturated rings. The topological polar surface area (TPSA) is 89.6 Å². The quantitative estimate of drug-likeness (QED) is 0.768. The number of rotatable bonds is 6. The molecule has 1 rings (SSSR count). The summed E-state index contributed by atoms with van der Waals surface area (Å²) in [7, 11) is 0. The van der Waals surface area contributed by atoms with Gasteiger partial charge in [-0.05, 0) is 24.6 Å². The third-order valence-electron chi connectivity index (χ3n) is 2.44. The number of ether oxygens (including phenoxy) is 1. The van der Waals surface area contributed by atoms with Crippen LogP contribution in [0.4, 0.5) is 4.39 Å². The van der Waals surface area contributed by atoms with E-state index in [4.69, 9.17) is 15.6 Å². The smallest absolute Gasteiger partial charge is 0.331 e. The number of benzene rings is 1. The lowest BCUT2D eigenvalue weighted by atomic mass is 10.2. The first-order chi connectivity index (χ1) is 8.95. The van der Waals surface area contributed by atoms with Gasteiger partial charge in [0.05, 0.1) is 5.56 Å². The Balaban J connectivity index is 2.72. The molecule has 0 saturated heterocycles. The number of carbonyl (C=O) groups excluding carboxylic acids is 1. The molecule has 6 heteroatoms. The Morgan fingerprint density at radius 1 is 1.47 bits per heavy atom. The highest BCUT2D eigenvalue weighted by Gasteiger charge is 2.09. The molecule has 0 radical (unpaired) electrons. The number of hydrogen-bond donors (Lipinski definition) is 2. The molecule has 0 bridgehead atoms. The number of halogens is 1. The molecule has 0 saturated carbocycles. The van der Waals surface area contributed by atoms with Crippen molar-refractivity contribution in [1.29, 1.82) is 0 Å². The molecule has 1 aromatic carbocycles. The molecule has 0 aliphatic carbocycles. The molecule has 0 atom stereocenters. The fourth-order valence-corrected chi connectivity index (χ4v) is 1.41. The molecule has 0 heterocycles. The lowest BCUT2D eigenvalue weighted by Crippen LogP contribution is -2.13. The van der Waals surface area contributed by atoms with Crippen LogP contribution in [0.25, 0.3) is 0 Å². The standard InChI is InChI=1S/C13H14FNO4/c1-2-8(13(17)18)5-6-19-9-3-4-10(12(15)16)11(14)7-9/h3-5,7H,2,6H2,1H3,(H2,15,16)(H,17,18). The van der Waals surface area contributed by atoms with Gasteiger partial charge in [-0.1, -0.05) is 6.92 Å². The monoisotopic (exact) mass is 267 g/mol. The summed E-state index contributed by atoms with van der Waals surface area (Å²) in [6.45, 7) is 1.71. The number of amides is 1. The summed E-state index contributed by atoms with van der Waals surface area (Å²) >= 11 is 0. The Labute approximate surface area is 109 Å². The maximum absolute atomic E-state index is 13.4. The predicted molar refractivity (Wildman–Crippen MR) is 66.4 cm³/mol. The van der Waals surface area contributed by atoms with Crippen molar-refractivity contribution >= 4 is 11.9 Å². The zero-order valence-electron chi connectivity index (χ0n) is 10.4. The Morgan fingerprint density at radius 3 is 2.63 bits per heavy atom. The summed E-state index contributed by atoms with van der Waals surface area (Å²) in [6, 6.07) is 3.64. The Hall–Kier alpha value is -2.37. The third-order valence-corrected chi connectivity index (χ3v) is 2.44. The van der Waals surface area contributed by atoms with Gasteiger partial charge in [-0.25, -0.2) is 9.18 Å². The van der Waals surface area contributed by atoms with Crippen molar-refractivity contribution in [1.82, 2.24) is 0 Å². The van der Waals surface area contributed by atoms with Crippen LogP contribution in [0.3, 0.4) is 0 Å². The van der Waals surface area contributed by atoms with Crippen LogP contribution < -0.4 is 10.5 Å². The van der Waals surface area contributed by atoms with E-state index < -0.39 is 17.7 Å². The van der Waals surface area contributed by atoms with Crippen LogP contribution in [0.1, 0.15) is 23.7 Å². The molecule has 0 aliphatic heterocycles. The van der Waals surface area contributed by atoms with Crippen molar-refractivity contribution in [3.8, 4) is 5.75 Å². The number of nitrogens with two attached hydrogens (primary N) is 1. The SMILES string of the molecule is CCC(=CCOc1ccc(C(N)=O)c(F)c1)C(=O)O.